The van der Waals surface area contributed by atoms with Crippen molar-refractivity contribution >= 4 is 28.3 Å². The number of likely N-dealkylation sites (N-methyl/N-ethyl adjacent to an activating group) is 1. The first-order valence-electron chi connectivity index (χ1n) is 6.66. The average Bonchev–Trinajstić information content (AvgIpc) is 2.85. The maximum Gasteiger partial charge on any atom is 0.338 e. The molecule has 7 heteroatoms. The molecule has 0 bridgehead atoms. The SMILES string of the molecule is CCCN(CC)CCNC(=O)Nc1sccc1C(=O)O. The van der Waals surface area contributed by atoms with Crippen LogP contribution in [0.2, 0.25) is 0 Å². The van der Waals surface area contributed by atoms with Crippen molar-refractivity contribution < 1.29 is 14.7 Å². The van der Waals surface area contributed by atoms with Crippen molar-refractivity contribution in [3.8, 4) is 0 Å². The maximum absolute atomic E-state index is 11.7. The van der Waals surface area contributed by atoms with E-state index in [1.807, 2.05) is 0 Å². The summed E-state index contributed by atoms with van der Waals surface area (Å²) in [5.41, 5.74) is 0.117. The molecule has 0 aliphatic carbocycles. The van der Waals surface area contributed by atoms with Gasteiger partial charge in [0.1, 0.15) is 5.00 Å². The van der Waals surface area contributed by atoms with Gasteiger partial charge >= 0.3 is 12.0 Å². The molecule has 112 valence electrons. The van der Waals surface area contributed by atoms with Crippen molar-refractivity contribution in [1.29, 1.82) is 0 Å². The van der Waals surface area contributed by atoms with Crippen LogP contribution in [0.4, 0.5) is 9.80 Å². The Bertz CT molecular complexity index is 448. The van der Waals surface area contributed by atoms with Gasteiger partial charge in [0.15, 0.2) is 0 Å². The molecule has 0 spiro atoms. The van der Waals surface area contributed by atoms with Crippen molar-refractivity contribution in [2.75, 3.05) is 31.5 Å². The van der Waals surface area contributed by atoms with Gasteiger partial charge in [-0.25, -0.2) is 9.59 Å². The minimum Gasteiger partial charge on any atom is -0.478 e. The molecule has 0 radical (unpaired) electrons. The molecule has 1 aromatic heterocycles. The fourth-order valence-electron chi connectivity index (χ4n) is 1.79. The molecule has 0 saturated carbocycles. The first-order chi connectivity index (χ1) is 9.58. The molecule has 3 N–H and O–H groups in total. The number of anilines is 1. The number of carbonyl (C=O) groups is 2. The molecule has 0 fully saturated rings. The van der Waals surface area contributed by atoms with Gasteiger partial charge in [-0.1, -0.05) is 13.8 Å². The zero-order valence-corrected chi connectivity index (χ0v) is 12.6. The van der Waals surface area contributed by atoms with Crippen LogP contribution in [0.3, 0.4) is 0 Å². The van der Waals surface area contributed by atoms with E-state index in [1.165, 1.54) is 17.4 Å². The van der Waals surface area contributed by atoms with Crippen LogP contribution < -0.4 is 10.6 Å². The van der Waals surface area contributed by atoms with Gasteiger partial charge in [0.25, 0.3) is 0 Å². The molecular formula is C13H21N3O3S. The van der Waals surface area contributed by atoms with Gasteiger partial charge in [-0.2, -0.15) is 0 Å². The summed E-state index contributed by atoms with van der Waals surface area (Å²) in [5, 5.41) is 16.2. The lowest BCUT2D eigenvalue weighted by molar-refractivity contribution is 0.0698. The molecule has 0 aromatic carbocycles. The molecule has 2 amide bonds. The van der Waals surface area contributed by atoms with E-state index < -0.39 is 5.97 Å². The molecule has 0 saturated heterocycles. The molecule has 0 aliphatic rings. The van der Waals surface area contributed by atoms with E-state index in [1.54, 1.807) is 5.38 Å². The van der Waals surface area contributed by atoms with Crippen molar-refractivity contribution in [3.63, 3.8) is 0 Å². The summed E-state index contributed by atoms with van der Waals surface area (Å²) >= 11 is 1.20. The van der Waals surface area contributed by atoms with Gasteiger partial charge in [0.2, 0.25) is 0 Å². The summed E-state index contributed by atoms with van der Waals surface area (Å²) in [4.78, 5) is 24.8. The number of hydrogen-bond acceptors (Lipinski definition) is 4. The van der Waals surface area contributed by atoms with Gasteiger partial charge in [-0.05, 0) is 31.0 Å². The van der Waals surface area contributed by atoms with Crippen molar-refractivity contribution in [2.24, 2.45) is 0 Å². The summed E-state index contributed by atoms with van der Waals surface area (Å²) in [7, 11) is 0. The number of carbonyl (C=O) groups excluding carboxylic acids is 1. The van der Waals surface area contributed by atoms with Gasteiger partial charge in [0.05, 0.1) is 5.56 Å². The summed E-state index contributed by atoms with van der Waals surface area (Å²) < 4.78 is 0. The number of nitrogens with zero attached hydrogens (tertiary/aromatic N) is 1. The number of carboxylic acid groups (broad SMARTS) is 1. The summed E-state index contributed by atoms with van der Waals surface area (Å²) in [6.45, 7) is 7.48. The highest BCUT2D eigenvalue weighted by Crippen LogP contribution is 2.22. The minimum absolute atomic E-state index is 0.117. The smallest absolute Gasteiger partial charge is 0.338 e. The van der Waals surface area contributed by atoms with E-state index >= 15 is 0 Å². The average molecular weight is 299 g/mol. The molecule has 20 heavy (non-hydrogen) atoms. The standard InChI is InChI=1S/C13H21N3O3S/c1-3-7-16(4-2)8-6-14-13(19)15-11-10(12(17)18)5-9-20-11/h5,9H,3-4,6-8H2,1-2H3,(H,17,18)(H2,14,15,19). The molecule has 0 aliphatic heterocycles. The Morgan fingerprint density at radius 3 is 2.70 bits per heavy atom. The highest BCUT2D eigenvalue weighted by Gasteiger charge is 2.13. The van der Waals surface area contributed by atoms with E-state index in [0.29, 0.717) is 11.5 Å². The van der Waals surface area contributed by atoms with E-state index in [9.17, 15) is 9.59 Å². The first kappa shape index (κ1) is 16.5. The molecule has 1 rings (SSSR count). The van der Waals surface area contributed by atoms with E-state index in [4.69, 9.17) is 5.11 Å². The van der Waals surface area contributed by atoms with Crippen LogP contribution in [0.15, 0.2) is 11.4 Å². The van der Waals surface area contributed by atoms with Crippen LogP contribution in [0, 0.1) is 0 Å². The fraction of sp³-hybridized carbons (Fsp3) is 0.538. The third-order valence-electron chi connectivity index (χ3n) is 2.82. The van der Waals surface area contributed by atoms with Gasteiger partial charge < -0.3 is 15.3 Å². The summed E-state index contributed by atoms with van der Waals surface area (Å²) in [5.74, 6) is -1.04. The van der Waals surface area contributed by atoms with Crippen LogP contribution >= 0.6 is 11.3 Å². The number of amides is 2. The van der Waals surface area contributed by atoms with Crippen molar-refractivity contribution in [2.45, 2.75) is 20.3 Å². The number of rotatable bonds is 8. The van der Waals surface area contributed by atoms with Crippen LogP contribution in [0.1, 0.15) is 30.6 Å². The Morgan fingerprint density at radius 2 is 2.10 bits per heavy atom. The number of hydrogen-bond donors (Lipinski definition) is 3. The predicted octanol–water partition coefficient (Wildman–Crippen LogP) is 2.30. The summed E-state index contributed by atoms with van der Waals surface area (Å²) in [6, 6.07) is 1.10. The predicted molar refractivity (Wildman–Crippen MR) is 80.7 cm³/mol. The maximum atomic E-state index is 11.7. The Labute approximate surface area is 122 Å². The van der Waals surface area contributed by atoms with Crippen molar-refractivity contribution in [3.05, 3.63) is 17.0 Å². The number of nitrogens with one attached hydrogen (secondary N) is 2. The van der Waals surface area contributed by atoms with Crippen LogP contribution in [0.25, 0.3) is 0 Å². The Morgan fingerprint density at radius 1 is 1.35 bits per heavy atom. The molecule has 0 unspecified atom stereocenters. The zero-order valence-electron chi connectivity index (χ0n) is 11.8. The van der Waals surface area contributed by atoms with Crippen molar-refractivity contribution in [1.82, 2.24) is 10.2 Å². The Balaban J connectivity index is 2.37. The van der Waals surface area contributed by atoms with Gasteiger partial charge in [0, 0.05) is 13.1 Å². The van der Waals surface area contributed by atoms with Crippen LogP contribution in [0.5, 0.6) is 0 Å². The first-order valence-corrected chi connectivity index (χ1v) is 7.54. The lowest BCUT2D eigenvalue weighted by Gasteiger charge is -2.19. The second-order valence-corrected chi connectivity index (χ2v) is 5.20. The quantitative estimate of drug-likeness (QED) is 0.688. The van der Waals surface area contributed by atoms with E-state index in [-0.39, 0.29) is 11.6 Å². The van der Waals surface area contributed by atoms with Crippen LogP contribution in [-0.4, -0.2) is 48.2 Å². The number of aromatic carboxylic acids is 1. The number of carboxylic acids is 1. The molecule has 1 aromatic rings. The second kappa shape index (κ2) is 8.55. The second-order valence-electron chi connectivity index (χ2n) is 4.28. The lowest BCUT2D eigenvalue weighted by Crippen LogP contribution is -2.37. The zero-order chi connectivity index (χ0) is 15.0. The molecule has 6 nitrogen and oxygen atoms in total. The minimum atomic E-state index is -1.04. The lowest BCUT2D eigenvalue weighted by atomic mass is 10.3. The van der Waals surface area contributed by atoms with E-state index in [0.717, 1.165) is 26.1 Å². The van der Waals surface area contributed by atoms with Gasteiger partial charge in [-0.3, -0.25) is 5.32 Å². The Hall–Kier alpha value is -1.60. The monoisotopic (exact) mass is 299 g/mol. The highest BCUT2D eigenvalue weighted by atomic mass is 32.1. The molecule has 1 heterocycles. The topological polar surface area (TPSA) is 81.7 Å². The third kappa shape index (κ3) is 5.18. The fourth-order valence-corrected chi connectivity index (χ4v) is 2.57. The largest absolute Gasteiger partial charge is 0.478 e. The Kier molecular flexibility index (Phi) is 7.03. The molecule has 0 atom stereocenters. The normalized spacial score (nSPS) is 10.6. The third-order valence-corrected chi connectivity index (χ3v) is 3.65. The number of thiophene rings is 1. The van der Waals surface area contributed by atoms with Crippen LogP contribution in [-0.2, 0) is 0 Å². The van der Waals surface area contributed by atoms with Gasteiger partial charge in [-0.15, -0.1) is 11.3 Å². The van der Waals surface area contributed by atoms with E-state index in [2.05, 4.69) is 29.4 Å². The number of urea groups is 1. The summed E-state index contributed by atoms with van der Waals surface area (Å²) in [6.07, 6.45) is 1.08. The highest BCUT2D eigenvalue weighted by molar-refractivity contribution is 7.14. The molecular weight excluding hydrogens is 278 g/mol.